The van der Waals surface area contributed by atoms with Gasteiger partial charge in [-0.25, -0.2) is 4.79 Å². The first-order valence-electron chi connectivity index (χ1n) is 4.59. The largest absolute Gasteiger partial charge is 0.463 e. The van der Waals surface area contributed by atoms with Crippen molar-refractivity contribution in [2.24, 2.45) is 11.8 Å². The number of hydrogen-bond acceptors (Lipinski definition) is 2. The summed E-state index contributed by atoms with van der Waals surface area (Å²) in [7, 11) is 0. The highest BCUT2D eigenvalue weighted by atomic mass is 16.5. The third kappa shape index (κ3) is 5.23. The molecule has 2 heteroatoms. The van der Waals surface area contributed by atoms with Crippen LogP contribution >= 0.6 is 0 Å². The van der Waals surface area contributed by atoms with Gasteiger partial charge in [-0.3, -0.25) is 0 Å². The van der Waals surface area contributed by atoms with E-state index in [1.54, 1.807) is 6.92 Å². The van der Waals surface area contributed by atoms with Crippen LogP contribution in [0.5, 0.6) is 0 Å². The molecule has 0 spiro atoms. The second-order valence-corrected chi connectivity index (χ2v) is 3.07. The lowest BCUT2D eigenvalue weighted by molar-refractivity contribution is -0.137. The van der Waals surface area contributed by atoms with Crippen molar-refractivity contribution in [2.75, 3.05) is 6.61 Å². The minimum Gasteiger partial charge on any atom is -0.463 e. The average Bonchev–Trinajstić information content (AvgIpc) is 2.13. The van der Waals surface area contributed by atoms with E-state index in [1.807, 2.05) is 19.1 Å². The first-order valence-corrected chi connectivity index (χ1v) is 4.59. The molecule has 0 aliphatic heterocycles. The van der Waals surface area contributed by atoms with Crippen LogP contribution in [-0.2, 0) is 9.53 Å². The van der Waals surface area contributed by atoms with Gasteiger partial charge in [0.1, 0.15) is 0 Å². The Labute approximate surface area is 80.3 Å². The van der Waals surface area contributed by atoms with Crippen molar-refractivity contribution in [1.82, 2.24) is 0 Å². The lowest BCUT2D eigenvalue weighted by Crippen LogP contribution is -2.04. The van der Waals surface area contributed by atoms with Crippen LogP contribution in [0.25, 0.3) is 0 Å². The van der Waals surface area contributed by atoms with E-state index in [9.17, 15) is 4.79 Å². The SMILES string of the molecule is C=C[C@H](C)[C@@H](C)/C=C/C(=O)OCC. The molecule has 0 aliphatic carbocycles. The number of rotatable bonds is 5. The van der Waals surface area contributed by atoms with Gasteiger partial charge in [-0.2, -0.15) is 0 Å². The summed E-state index contributed by atoms with van der Waals surface area (Å²) < 4.78 is 4.75. The van der Waals surface area contributed by atoms with Crippen LogP contribution in [0.2, 0.25) is 0 Å². The molecule has 0 aliphatic rings. The van der Waals surface area contributed by atoms with Gasteiger partial charge in [0, 0.05) is 6.08 Å². The average molecular weight is 182 g/mol. The molecule has 0 aromatic rings. The maximum Gasteiger partial charge on any atom is 0.330 e. The maximum absolute atomic E-state index is 10.9. The van der Waals surface area contributed by atoms with Crippen LogP contribution in [0.15, 0.2) is 24.8 Å². The van der Waals surface area contributed by atoms with Gasteiger partial charge in [0.05, 0.1) is 6.61 Å². The Morgan fingerprint density at radius 2 is 2.08 bits per heavy atom. The van der Waals surface area contributed by atoms with E-state index in [0.29, 0.717) is 18.4 Å². The van der Waals surface area contributed by atoms with E-state index in [4.69, 9.17) is 4.74 Å². The predicted molar refractivity (Wildman–Crippen MR) is 54.3 cm³/mol. The number of ether oxygens (including phenoxy) is 1. The van der Waals surface area contributed by atoms with E-state index in [2.05, 4.69) is 13.5 Å². The second kappa shape index (κ2) is 6.46. The quantitative estimate of drug-likeness (QED) is 0.371. The molecule has 0 amide bonds. The van der Waals surface area contributed by atoms with Gasteiger partial charge in [-0.05, 0) is 18.8 Å². The molecule has 0 unspecified atom stereocenters. The molecule has 74 valence electrons. The molecule has 13 heavy (non-hydrogen) atoms. The molecule has 0 aromatic carbocycles. The minimum absolute atomic E-state index is 0.273. The Morgan fingerprint density at radius 3 is 2.54 bits per heavy atom. The predicted octanol–water partition coefficient (Wildman–Crippen LogP) is 2.56. The zero-order valence-electron chi connectivity index (χ0n) is 8.62. The lowest BCUT2D eigenvalue weighted by Gasteiger charge is -2.10. The summed E-state index contributed by atoms with van der Waals surface area (Å²) in [5.41, 5.74) is 0. The van der Waals surface area contributed by atoms with Crippen molar-refractivity contribution < 1.29 is 9.53 Å². The van der Waals surface area contributed by atoms with Crippen molar-refractivity contribution in [1.29, 1.82) is 0 Å². The highest BCUT2D eigenvalue weighted by Gasteiger charge is 2.04. The van der Waals surface area contributed by atoms with E-state index in [0.717, 1.165) is 0 Å². The summed E-state index contributed by atoms with van der Waals surface area (Å²) in [6, 6.07) is 0. The lowest BCUT2D eigenvalue weighted by atomic mass is 9.96. The fourth-order valence-electron chi connectivity index (χ4n) is 0.811. The van der Waals surface area contributed by atoms with E-state index in [-0.39, 0.29) is 5.97 Å². The summed E-state index contributed by atoms with van der Waals surface area (Å²) >= 11 is 0. The number of esters is 1. The highest BCUT2D eigenvalue weighted by molar-refractivity contribution is 5.81. The Kier molecular flexibility index (Phi) is 5.94. The number of carbonyl (C=O) groups is 1. The molecule has 0 radical (unpaired) electrons. The van der Waals surface area contributed by atoms with E-state index >= 15 is 0 Å². The molecular weight excluding hydrogens is 164 g/mol. The fraction of sp³-hybridized carbons (Fsp3) is 0.545. The van der Waals surface area contributed by atoms with Crippen molar-refractivity contribution >= 4 is 5.97 Å². The first-order chi connectivity index (χ1) is 6.11. The number of allylic oxidation sites excluding steroid dienone is 2. The third-order valence-corrected chi connectivity index (χ3v) is 2.02. The topological polar surface area (TPSA) is 26.3 Å². The van der Waals surface area contributed by atoms with Gasteiger partial charge in [-0.1, -0.05) is 26.0 Å². The van der Waals surface area contributed by atoms with Crippen LogP contribution in [-0.4, -0.2) is 12.6 Å². The molecule has 0 bridgehead atoms. The van der Waals surface area contributed by atoms with Gasteiger partial charge in [0.15, 0.2) is 0 Å². The zero-order valence-corrected chi connectivity index (χ0v) is 8.62. The molecule has 0 aromatic heterocycles. The summed E-state index contributed by atoms with van der Waals surface area (Å²) in [5, 5.41) is 0. The Morgan fingerprint density at radius 1 is 1.46 bits per heavy atom. The Hall–Kier alpha value is -1.05. The summed E-state index contributed by atoms with van der Waals surface area (Å²) in [6.45, 7) is 10.0. The molecule has 2 atom stereocenters. The fourth-order valence-corrected chi connectivity index (χ4v) is 0.811. The molecule has 0 heterocycles. The van der Waals surface area contributed by atoms with Crippen LogP contribution in [0, 0.1) is 11.8 Å². The summed E-state index contributed by atoms with van der Waals surface area (Å²) in [4.78, 5) is 10.9. The number of carbonyl (C=O) groups excluding carboxylic acids is 1. The van der Waals surface area contributed by atoms with Crippen molar-refractivity contribution in [3.05, 3.63) is 24.8 Å². The van der Waals surface area contributed by atoms with Crippen molar-refractivity contribution in [2.45, 2.75) is 20.8 Å². The van der Waals surface area contributed by atoms with Gasteiger partial charge in [0.25, 0.3) is 0 Å². The summed E-state index contributed by atoms with van der Waals surface area (Å²) in [6.07, 6.45) is 5.21. The smallest absolute Gasteiger partial charge is 0.330 e. The van der Waals surface area contributed by atoms with E-state index < -0.39 is 0 Å². The first kappa shape index (κ1) is 11.9. The third-order valence-electron chi connectivity index (χ3n) is 2.02. The van der Waals surface area contributed by atoms with E-state index in [1.165, 1.54) is 6.08 Å². The Balaban J connectivity index is 3.95. The van der Waals surface area contributed by atoms with Gasteiger partial charge in [0.2, 0.25) is 0 Å². The monoisotopic (exact) mass is 182 g/mol. The maximum atomic E-state index is 10.9. The van der Waals surface area contributed by atoms with Gasteiger partial charge in [-0.15, -0.1) is 6.58 Å². The normalized spacial score (nSPS) is 15.3. The highest BCUT2D eigenvalue weighted by Crippen LogP contribution is 2.12. The number of hydrogen-bond donors (Lipinski definition) is 0. The van der Waals surface area contributed by atoms with Crippen molar-refractivity contribution in [3.63, 3.8) is 0 Å². The van der Waals surface area contributed by atoms with Crippen LogP contribution in [0.3, 0.4) is 0 Å². The zero-order chi connectivity index (χ0) is 10.3. The van der Waals surface area contributed by atoms with Crippen LogP contribution in [0.4, 0.5) is 0 Å². The van der Waals surface area contributed by atoms with Crippen molar-refractivity contribution in [3.8, 4) is 0 Å². The molecule has 0 saturated carbocycles. The standard InChI is InChI=1S/C11H18O2/c1-5-9(3)10(4)7-8-11(12)13-6-2/h5,7-10H,1,6H2,2-4H3/b8-7+/t9-,10-/m0/s1. The molecule has 0 rings (SSSR count). The molecule has 0 N–H and O–H groups in total. The van der Waals surface area contributed by atoms with Gasteiger partial charge >= 0.3 is 5.97 Å². The molecular formula is C11H18O2. The van der Waals surface area contributed by atoms with Crippen LogP contribution < -0.4 is 0 Å². The minimum atomic E-state index is -0.273. The van der Waals surface area contributed by atoms with Gasteiger partial charge < -0.3 is 4.74 Å². The molecule has 2 nitrogen and oxygen atoms in total. The molecule has 0 saturated heterocycles. The Bertz CT molecular complexity index is 194. The van der Waals surface area contributed by atoms with Crippen LogP contribution in [0.1, 0.15) is 20.8 Å². The molecule has 0 fully saturated rings. The summed E-state index contributed by atoms with van der Waals surface area (Å²) in [5.74, 6) is 0.429. The second-order valence-electron chi connectivity index (χ2n) is 3.07.